The van der Waals surface area contributed by atoms with Crippen LogP contribution in [0, 0.1) is 12.3 Å². The minimum Gasteiger partial charge on any atom is -0.491 e. The van der Waals surface area contributed by atoms with Crippen molar-refractivity contribution in [2.45, 2.75) is 40.0 Å². The van der Waals surface area contributed by atoms with Crippen molar-refractivity contribution < 1.29 is 9.53 Å². The first-order chi connectivity index (χ1) is 10.1. The maximum absolute atomic E-state index is 12.7. The zero-order chi connectivity index (χ0) is 15.3. The van der Waals surface area contributed by atoms with Gasteiger partial charge in [-0.05, 0) is 50.4 Å². The van der Waals surface area contributed by atoms with E-state index in [1.165, 1.54) is 0 Å². The zero-order valence-electron chi connectivity index (χ0n) is 13.3. The van der Waals surface area contributed by atoms with Gasteiger partial charge >= 0.3 is 0 Å². The Morgan fingerprint density at radius 1 is 1.43 bits per heavy atom. The molecule has 1 aromatic carbocycles. The highest BCUT2D eigenvalue weighted by molar-refractivity contribution is 5.97. The Hall–Kier alpha value is -1.55. The summed E-state index contributed by atoms with van der Waals surface area (Å²) in [5, 5.41) is 6.37. The van der Waals surface area contributed by atoms with Crippen LogP contribution in [0.25, 0.3) is 0 Å². The van der Waals surface area contributed by atoms with Gasteiger partial charge in [0.25, 0.3) is 0 Å². The summed E-state index contributed by atoms with van der Waals surface area (Å²) in [5.41, 5.74) is 1.62. The van der Waals surface area contributed by atoms with Crippen molar-refractivity contribution in [3.05, 3.63) is 23.8 Å². The maximum atomic E-state index is 12.7. The van der Waals surface area contributed by atoms with Gasteiger partial charge in [0, 0.05) is 6.54 Å². The van der Waals surface area contributed by atoms with Crippen molar-refractivity contribution in [1.29, 1.82) is 0 Å². The third-order valence-corrected chi connectivity index (χ3v) is 4.25. The van der Waals surface area contributed by atoms with E-state index in [4.69, 9.17) is 4.74 Å². The highest BCUT2D eigenvalue weighted by Gasteiger charge is 2.39. The number of anilines is 1. The topological polar surface area (TPSA) is 50.4 Å². The zero-order valence-corrected chi connectivity index (χ0v) is 13.3. The summed E-state index contributed by atoms with van der Waals surface area (Å²) in [6.45, 7) is 8.51. The molecule has 4 heteroatoms. The minimum absolute atomic E-state index is 0.0974. The number of aryl methyl sites for hydroxylation is 1. The second-order valence-corrected chi connectivity index (χ2v) is 5.86. The van der Waals surface area contributed by atoms with Crippen LogP contribution in [0.1, 0.15) is 38.7 Å². The largest absolute Gasteiger partial charge is 0.491 e. The Balaban J connectivity index is 2.16. The molecule has 1 aliphatic rings. The molecule has 2 N–H and O–H groups in total. The summed E-state index contributed by atoms with van der Waals surface area (Å²) < 4.78 is 5.77. The molecular weight excluding hydrogens is 264 g/mol. The molecule has 0 aliphatic carbocycles. The van der Waals surface area contributed by atoms with Crippen LogP contribution in [-0.4, -0.2) is 25.6 Å². The predicted octanol–water partition coefficient (Wildman–Crippen LogP) is 3.11. The van der Waals surface area contributed by atoms with Gasteiger partial charge in [-0.1, -0.05) is 19.9 Å². The predicted molar refractivity (Wildman–Crippen MR) is 85.8 cm³/mol. The maximum Gasteiger partial charge on any atom is 0.232 e. The van der Waals surface area contributed by atoms with Crippen LogP contribution in [0.3, 0.4) is 0 Å². The van der Waals surface area contributed by atoms with Crippen LogP contribution >= 0.6 is 0 Å². The molecule has 0 spiro atoms. The fourth-order valence-electron chi connectivity index (χ4n) is 2.72. The number of carbonyl (C=O) groups excluding carboxylic acids is 1. The third kappa shape index (κ3) is 3.56. The van der Waals surface area contributed by atoms with Crippen molar-refractivity contribution in [2.75, 3.05) is 25.0 Å². The highest BCUT2D eigenvalue weighted by Crippen LogP contribution is 2.33. The summed E-state index contributed by atoms with van der Waals surface area (Å²) >= 11 is 0. The molecule has 2 rings (SSSR count). The van der Waals surface area contributed by atoms with E-state index >= 15 is 0 Å². The number of hydrogen-bond donors (Lipinski definition) is 2. The third-order valence-electron chi connectivity index (χ3n) is 4.25. The fraction of sp³-hybridized carbons (Fsp3) is 0.588. The molecule has 1 amide bonds. The molecule has 0 bridgehead atoms. The molecule has 0 aromatic heterocycles. The van der Waals surface area contributed by atoms with Crippen LogP contribution < -0.4 is 15.4 Å². The number of carbonyl (C=O) groups is 1. The summed E-state index contributed by atoms with van der Waals surface area (Å²) in [6, 6.07) is 5.92. The molecule has 1 heterocycles. The first-order valence-corrected chi connectivity index (χ1v) is 7.87. The Kier molecular flexibility index (Phi) is 5.23. The summed E-state index contributed by atoms with van der Waals surface area (Å²) in [5.74, 6) is 0.864. The van der Waals surface area contributed by atoms with Gasteiger partial charge in [0.15, 0.2) is 0 Å². The molecule has 0 saturated carbocycles. The molecule has 1 atom stereocenters. The molecule has 1 saturated heterocycles. The second-order valence-electron chi connectivity index (χ2n) is 5.86. The number of benzene rings is 1. The Morgan fingerprint density at radius 3 is 2.86 bits per heavy atom. The van der Waals surface area contributed by atoms with Crippen LogP contribution in [-0.2, 0) is 4.79 Å². The van der Waals surface area contributed by atoms with E-state index in [9.17, 15) is 4.79 Å². The molecule has 1 fully saturated rings. The van der Waals surface area contributed by atoms with E-state index in [2.05, 4.69) is 24.5 Å². The molecule has 21 heavy (non-hydrogen) atoms. The van der Waals surface area contributed by atoms with Gasteiger partial charge in [-0.2, -0.15) is 0 Å². The fourth-order valence-corrected chi connectivity index (χ4v) is 2.72. The van der Waals surface area contributed by atoms with Crippen molar-refractivity contribution in [1.82, 2.24) is 5.32 Å². The van der Waals surface area contributed by atoms with Crippen molar-refractivity contribution in [3.63, 3.8) is 0 Å². The average molecular weight is 290 g/mol. The number of rotatable bonds is 6. The summed E-state index contributed by atoms with van der Waals surface area (Å²) in [6.07, 6.45) is 2.69. The number of nitrogens with one attached hydrogen (secondary N) is 2. The van der Waals surface area contributed by atoms with E-state index in [-0.39, 0.29) is 11.3 Å². The van der Waals surface area contributed by atoms with Crippen molar-refractivity contribution >= 4 is 11.6 Å². The lowest BCUT2D eigenvalue weighted by molar-refractivity contribution is -0.124. The standard InChI is InChI=1S/C17H26N2O2/c1-4-10-21-15-11-13(3)6-7-14(15)19-16(20)17(5-2)8-9-18-12-17/h6-7,11,18H,4-5,8-10,12H2,1-3H3,(H,19,20). The SMILES string of the molecule is CCCOc1cc(C)ccc1NC(=O)C1(CC)CCNC1. The first kappa shape index (κ1) is 15.8. The Labute approximate surface area is 127 Å². The van der Waals surface area contributed by atoms with Crippen molar-refractivity contribution in [3.8, 4) is 5.75 Å². The summed E-state index contributed by atoms with van der Waals surface area (Å²) in [7, 11) is 0. The van der Waals surface area contributed by atoms with E-state index in [0.29, 0.717) is 6.61 Å². The number of ether oxygens (including phenoxy) is 1. The molecule has 4 nitrogen and oxygen atoms in total. The van der Waals surface area contributed by atoms with Crippen molar-refractivity contribution in [2.24, 2.45) is 5.41 Å². The van der Waals surface area contributed by atoms with E-state index < -0.39 is 0 Å². The molecule has 116 valence electrons. The molecule has 1 aliphatic heterocycles. The lowest BCUT2D eigenvalue weighted by Gasteiger charge is -2.26. The molecule has 1 aromatic rings. The molecule has 1 unspecified atom stereocenters. The average Bonchev–Trinajstić information content (AvgIpc) is 2.97. The lowest BCUT2D eigenvalue weighted by atomic mass is 9.83. The summed E-state index contributed by atoms with van der Waals surface area (Å²) in [4.78, 5) is 12.7. The van der Waals surface area contributed by atoms with Gasteiger partial charge in [-0.15, -0.1) is 0 Å². The first-order valence-electron chi connectivity index (χ1n) is 7.87. The normalized spacial score (nSPS) is 21.3. The van der Waals surface area contributed by atoms with E-state index in [0.717, 1.165) is 49.4 Å². The van der Waals surface area contributed by atoms with Gasteiger partial charge in [0.1, 0.15) is 5.75 Å². The molecular formula is C17H26N2O2. The molecule has 0 radical (unpaired) electrons. The van der Waals surface area contributed by atoms with Crippen LogP contribution in [0.2, 0.25) is 0 Å². The monoisotopic (exact) mass is 290 g/mol. The Morgan fingerprint density at radius 2 is 2.24 bits per heavy atom. The van der Waals surface area contributed by atoms with Gasteiger partial charge in [-0.25, -0.2) is 0 Å². The lowest BCUT2D eigenvalue weighted by Crippen LogP contribution is -2.37. The Bertz CT molecular complexity index is 494. The smallest absolute Gasteiger partial charge is 0.232 e. The van der Waals surface area contributed by atoms with E-state index in [1.54, 1.807) is 0 Å². The van der Waals surface area contributed by atoms with Crippen LogP contribution in [0.5, 0.6) is 5.75 Å². The van der Waals surface area contributed by atoms with E-state index in [1.807, 2.05) is 25.1 Å². The second kappa shape index (κ2) is 6.94. The quantitative estimate of drug-likeness (QED) is 0.846. The highest BCUT2D eigenvalue weighted by atomic mass is 16.5. The van der Waals surface area contributed by atoms with Crippen LogP contribution in [0.15, 0.2) is 18.2 Å². The van der Waals surface area contributed by atoms with Gasteiger partial charge < -0.3 is 15.4 Å². The van der Waals surface area contributed by atoms with Gasteiger partial charge in [0.2, 0.25) is 5.91 Å². The minimum atomic E-state index is -0.285. The van der Waals surface area contributed by atoms with Crippen LogP contribution in [0.4, 0.5) is 5.69 Å². The van der Waals surface area contributed by atoms with Gasteiger partial charge in [-0.3, -0.25) is 4.79 Å². The number of hydrogen-bond acceptors (Lipinski definition) is 3. The number of amides is 1. The van der Waals surface area contributed by atoms with Gasteiger partial charge in [0.05, 0.1) is 17.7 Å².